The van der Waals surface area contributed by atoms with E-state index in [1.807, 2.05) is 0 Å². The molecule has 0 fully saturated rings. The fourth-order valence-corrected chi connectivity index (χ4v) is 0. The van der Waals surface area contributed by atoms with Crippen LogP contribution < -0.4 is 0 Å². The van der Waals surface area contributed by atoms with Gasteiger partial charge in [-0.3, -0.25) is 4.79 Å². The van der Waals surface area contributed by atoms with Crippen LogP contribution in [-0.4, -0.2) is 5.12 Å². The molecule has 0 aromatic rings. The van der Waals surface area contributed by atoms with Crippen molar-refractivity contribution in [3.8, 4) is 0 Å². The third-order valence-electron chi connectivity index (χ3n) is 0. The van der Waals surface area contributed by atoms with Gasteiger partial charge in [0, 0.05) is 53.8 Å². The van der Waals surface area contributed by atoms with Gasteiger partial charge in [0.2, 0.25) is 0 Å². The molecule has 0 spiro atoms. The number of carbonyl (C=O) groups is 1. The first kappa shape index (κ1) is 9.74. The SMILES string of the molecule is CC(=O)S.[Yb]. The minimum Gasteiger partial charge on any atom is -0.288 e. The van der Waals surface area contributed by atoms with Gasteiger partial charge in [-0.25, -0.2) is 0 Å². The summed E-state index contributed by atoms with van der Waals surface area (Å²) in [7, 11) is 0. The number of thiol groups is 1. The van der Waals surface area contributed by atoms with Crippen LogP contribution >= 0.6 is 12.6 Å². The molecular weight excluding hydrogens is 245 g/mol. The van der Waals surface area contributed by atoms with Crippen LogP contribution in [0.25, 0.3) is 0 Å². The van der Waals surface area contributed by atoms with Crippen LogP contribution in [0.2, 0.25) is 0 Å². The zero-order valence-electron chi connectivity index (χ0n) is 2.62. The van der Waals surface area contributed by atoms with E-state index in [4.69, 9.17) is 0 Å². The molecule has 0 aliphatic carbocycles. The Bertz CT molecular complexity index is 32.6. The first-order valence-corrected chi connectivity index (χ1v) is 1.37. The number of hydrogen-bond acceptors (Lipinski definition) is 1. The molecule has 0 unspecified atom stereocenters. The van der Waals surface area contributed by atoms with Gasteiger partial charge in [0.15, 0.2) is 5.12 Å². The fraction of sp³-hybridized carbons (Fsp3) is 0.500. The molecule has 0 aliphatic heterocycles. The van der Waals surface area contributed by atoms with Gasteiger partial charge >= 0.3 is 0 Å². The second-order valence-corrected chi connectivity index (χ2v) is 1.15. The Morgan fingerprint density at radius 1 is 1.80 bits per heavy atom. The predicted octanol–water partition coefficient (Wildman–Crippen LogP) is 0.463. The van der Waals surface area contributed by atoms with E-state index in [1.54, 1.807) is 0 Å². The smallest absolute Gasteiger partial charge is 0.182 e. The van der Waals surface area contributed by atoms with Crippen LogP contribution in [-0.2, 0) is 4.79 Å². The van der Waals surface area contributed by atoms with Gasteiger partial charge in [-0.15, -0.1) is 12.6 Å². The third-order valence-corrected chi connectivity index (χ3v) is 0. The molecular formula is C2H4OSYb. The van der Waals surface area contributed by atoms with Crippen molar-refractivity contribution in [2.75, 3.05) is 0 Å². The quantitative estimate of drug-likeness (QED) is 0.617. The molecule has 0 radical (unpaired) electrons. The van der Waals surface area contributed by atoms with Crippen LogP contribution in [0.5, 0.6) is 0 Å². The van der Waals surface area contributed by atoms with Crippen molar-refractivity contribution in [2.45, 2.75) is 6.92 Å². The third kappa shape index (κ3) is 29.3. The van der Waals surface area contributed by atoms with Gasteiger partial charge in [0.1, 0.15) is 0 Å². The number of carbonyl (C=O) groups excluding carboxylic acids is 1. The summed E-state index contributed by atoms with van der Waals surface area (Å²) in [6.45, 7) is 1.39. The molecule has 0 aliphatic rings. The van der Waals surface area contributed by atoms with E-state index in [0.717, 1.165) is 0 Å². The molecule has 0 atom stereocenters. The average Bonchev–Trinajstić information content (AvgIpc) is 0.811. The second kappa shape index (κ2) is 5.54. The van der Waals surface area contributed by atoms with Gasteiger partial charge in [-0.05, 0) is 0 Å². The zero-order chi connectivity index (χ0) is 3.58. The topological polar surface area (TPSA) is 17.1 Å². The van der Waals surface area contributed by atoms with Crippen molar-refractivity contribution < 1.29 is 51.7 Å². The first-order chi connectivity index (χ1) is 1.73. The van der Waals surface area contributed by atoms with Gasteiger partial charge in [-0.1, -0.05) is 0 Å². The maximum atomic E-state index is 9.31. The standard InChI is InChI=1S/C2H4OS.Yb/c1-2(3)4;/h1H3,(H,3,4);. The Labute approximate surface area is 75.2 Å². The van der Waals surface area contributed by atoms with Crippen molar-refractivity contribution >= 4 is 17.7 Å². The second-order valence-electron chi connectivity index (χ2n) is 0.519. The molecule has 38 valence electrons. The summed E-state index contributed by atoms with van der Waals surface area (Å²) in [6, 6.07) is 0. The molecule has 3 heteroatoms. The Hall–Kier alpha value is 1.54. The summed E-state index contributed by atoms with van der Waals surface area (Å²) >= 11 is 3.33. The molecule has 0 N–H and O–H groups in total. The van der Waals surface area contributed by atoms with Crippen molar-refractivity contribution in [3.05, 3.63) is 0 Å². The Kier molecular flexibility index (Phi) is 10.8. The molecule has 0 saturated heterocycles. The summed E-state index contributed by atoms with van der Waals surface area (Å²) in [5.41, 5.74) is 0. The van der Waals surface area contributed by atoms with Crippen LogP contribution in [0.3, 0.4) is 0 Å². The summed E-state index contributed by atoms with van der Waals surface area (Å²) in [4.78, 5) is 9.31. The van der Waals surface area contributed by atoms with Crippen molar-refractivity contribution in [2.24, 2.45) is 0 Å². The Balaban J connectivity index is 0. The summed E-state index contributed by atoms with van der Waals surface area (Å²) < 4.78 is 0. The molecule has 0 amide bonds. The molecule has 1 nitrogen and oxygen atoms in total. The minimum atomic E-state index is -0.139. The van der Waals surface area contributed by atoms with Crippen LogP contribution in [0, 0.1) is 46.9 Å². The Morgan fingerprint density at radius 3 is 1.80 bits per heavy atom. The van der Waals surface area contributed by atoms with Crippen molar-refractivity contribution in [1.29, 1.82) is 0 Å². The van der Waals surface area contributed by atoms with Crippen LogP contribution in [0.15, 0.2) is 0 Å². The molecule has 0 aromatic carbocycles. The van der Waals surface area contributed by atoms with E-state index in [-0.39, 0.29) is 52.0 Å². The zero-order valence-corrected chi connectivity index (χ0v) is 5.23. The van der Waals surface area contributed by atoms with Gasteiger partial charge in [0.25, 0.3) is 0 Å². The van der Waals surface area contributed by atoms with E-state index >= 15 is 0 Å². The largest absolute Gasteiger partial charge is 0.288 e. The molecule has 0 rings (SSSR count). The maximum Gasteiger partial charge on any atom is 0.182 e. The van der Waals surface area contributed by atoms with Gasteiger partial charge in [-0.2, -0.15) is 0 Å². The summed E-state index contributed by atoms with van der Waals surface area (Å²) in [6.07, 6.45) is 0. The molecule has 0 aromatic heterocycles. The van der Waals surface area contributed by atoms with E-state index in [0.29, 0.717) is 0 Å². The van der Waals surface area contributed by atoms with Crippen LogP contribution in [0.4, 0.5) is 0 Å². The molecule has 5 heavy (non-hydrogen) atoms. The minimum absolute atomic E-state index is 0. The molecule has 0 saturated carbocycles. The van der Waals surface area contributed by atoms with E-state index in [9.17, 15) is 4.79 Å². The number of rotatable bonds is 0. The van der Waals surface area contributed by atoms with Crippen LogP contribution in [0.1, 0.15) is 6.92 Å². The maximum absolute atomic E-state index is 9.31. The van der Waals surface area contributed by atoms with E-state index in [2.05, 4.69) is 12.6 Å². The summed E-state index contributed by atoms with van der Waals surface area (Å²) in [5.74, 6) is 0. The van der Waals surface area contributed by atoms with Crippen molar-refractivity contribution in [1.82, 2.24) is 0 Å². The first-order valence-electron chi connectivity index (χ1n) is 0.928. The predicted molar refractivity (Wildman–Crippen MR) is 19.7 cm³/mol. The van der Waals surface area contributed by atoms with E-state index < -0.39 is 0 Å². The molecule has 0 bridgehead atoms. The van der Waals surface area contributed by atoms with Gasteiger partial charge < -0.3 is 0 Å². The summed E-state index contributed by atoms with van der Waals surface area (Å²) in [5, 5.41) is -0.139. The number of hydrogen-bond donors (Lipinski definition) is 1. The Morgan fingerprint density at radius 2 is 1.80 bits per heavy atom. The van der Waals surface area contributed by atoms with E-state index in [1.165, 1.54) is 6.92 Å². The monoisotopic (exact) mass is 250 g/mol. The normalized spacial score (nSPS) is 5.20. The van der Waals surface area contributed by atoms with Crippen molar-refractivity contribution in [3.63, 3.8) is 0 Å². The fourth-order valence-electron chi connectivity index (χ4n) is 0. The average molecular weight is 249 g/mol. The van der Waals surface area contributed by atoms with Gasteiger partial charge in [0.05, 0.1) is 0 Å². The molecule has 0 heterocycles.